The van der Waals surface area contributed by atoms with Crippen LogP contribution in [0.25, 0.3) is 0 Å². The highest BCUT2D eigenvalue weighted by Gasteiger charge is 2.12. The molecule has 0 heterocycles. The molecule has 3 N–H and O–H groups in total. The predicted octanol–water partition coefficient (Wildman–Crippen LogP) is 2.69. The zero-order valence-corrected chi connectivity index (χ0v) is 11.6. The van der Waals surface area contributed by atoms with Crippen molar-refractivity contribution in [2.45, 2.75) is 52.1 Å². The van der Waals surface area contributed by atoms with E-state index >= 15 is 0 Å². The molecule has 3 heteroatoms. The molecule has 1 unspecified atom stereocenters. The quantitative estimate of drug-likeness (QED) is 0.813. The van der Waals surface area contributed by atoms with E-state index in [1.165, 1.54) is 5.56 Å². The molecular weight excluding hydrogens is 224 g/mol. The Kier molecular flexibility index (Phi) is 5.86. The summed E-state index contributed by atoms with van der Waals surface area (Å²) in [7, 11) is 0. The van der Waals surface area contributed by atoms with Gasteiger partial charge < -0.3 is 11.1 Å². The van der Waals surface area contributed by atoms with Crippen molar-refractivity contribution < 1.29 is 4.79 Å². The summed E-state index contributed by atoms with van der Waals surface area (Å²) < 4.78 is 0. The average Bonchev–Trinajstić information content (AvgIpc) is 2.29. The molecule has 0 aromatic heterocycles. The molecule has 0 aliphatic carbocycles. The second-order valence-corrected chi connectivity index (χ2v) is 4.95. The van der Waals surface area contributed by atoms with Gasteiger partial charge in [0.1, 0.15) is 0 Å². The molecule has 0 spiro atoms. The van der Waals surface area contributed by atoms with Gasteiger partial charge in [0.2, 0.25) is 5.91 Å². The molecule has 0 fully saturated rings. The number of aryl methyl sites for hydroxylation is 1. The number of amides is 1. The topological polar surface area (TPSA) is 55.1 Å². The third kappa shape index (κ3) is 4.88. The van der Waals surface area contributed by atoms with Gasteiger partial charge in [-0.05, 0) is 25.8 Å². The Balaban J connectivity index is 2.46. The van der Waals surface area contributed by atoms with Crippen LogP contribution in [-0.4, -0.2) is 11.9 Å². The summed E-state index contributed by atoms with van der Waals surface area (Å²) in [6, 6.07) is 8.22. The highest BCUT2D eigenvalue weighted by Crippen LogP contribution is 2.13. The van der Waals surface area contributed by atoms with Crippen LogP contribution >= 0.6 is 0 Å². The summed E-state index contributed by atoms with van der Waals surface area (Å²) in [5.41, 5.74) is 8.21. The van der Waals surface area contributed by atoms with Crippen LogP contribution in [0.3, 0.4) is 0 Å². The monoisotopic (exact) mass is 248 g/mol. The SMILES string of the molecule is CCCC(N)CC(=O)N[C@H](C)c1ccc(C)cc1. The van der Waals surface area contributed by atoms with Crippen LogP contribution in [0.1, 0.15) is 50.3 Å². The van der Waals surface area contributed by atoms with Gasteiger partial charge in [-0.25, -0.2) is 0 Å². The number of carbonyl (C=O) groups excluding carboxylic acids is 1. The zero-order chi connectivity index (χ0) is 13.5. The second-order valence-electron chi connectivity index (χ2n) is 4.95. The molecule has 2 atom stereocenters. The Morgan fingerprint density at radius 3 is 2.50 bits per heavy atom. The Morgan fingerprint density at radius 1 is 1.33 bits per heavy atom. The molecule has 18 heavy (non-hydrogen) atoms. The standard InChI is InChI=1S/C15H24N2O/c1-4-5-14(16)10-15(18)17-12(3)13-8-6-11(2)7-9-13/h6-9,12,14H,4-5,10,16H2,1-3H3,(H,17,18)/t12-,14?/m1/s1. The van der Waals surface area contributed by atoms with Crippen LogP contribution in [0.4, 0.5) is 0 Å². The predicted molar refractivity (Wildman–Crippen MR) is 75.2 cm³/mol. The highest BCUT2D eigenvalue weighted by molar-refractivity contribution is 5.77. The first kappa shape index (κ1) is 14.7. The first-order valence-electron chi connectivity index (χ1n) is 6.64. The first-order chi connectivity index (χ1) is 8.52. The maximum Gasteiger partial charge on any atom is 0.222 e. The lowest BCUT2D eigenvalue weighted by molar-refractivity contribution is -0.122. The van der Waals surface area contributed by atoms with Crippen molar-refractivity contribution in [1.82, 2.24) is 5.32 Å². The maximum absolute atomic E-state index is 11.8. The first-order valence-corrected chi connectivity index (χ1v) is 6.64. The van der Waals surface area contributed by atoms with Crippen molar-refractivity contribution in [2.24, 2.45) is 5.73 Å². The van der Waals surface area contributed by atoms with Crippen molar-refractivity contribution in [3.63, 3.8) is 0 Å². The van der Waals surface area contributed by atoms with Crippen LogP contribution in [0, 0.1) is 6.92 Å². The molecule has 0 aliphatic rings. The van der Waals surface area contributed by atoms with E-state index in [9.17, 15) is 4.79 Å². The van der Waals surface area contributed by atoms with Crippen LogP contribution in [-0.2, 0) is 4.79 Å². The van der Waals surface area contributed by atoms with Gasteiger partial charge in [-0.15, -0.1) is 0 Å². The number of carbonyl (C=O) groups is 1. The van der Waals surface area contributed by atoms with Crippen LogP contribution < -0.4 is 11.1 Å². The van der Waals surface area contributed by atoms with E-state index in [1.54, 1.807) is 0 Å². The Hall–Kier alpha value is -1.35. The zero-order valence-electron chi connectivity index (χ0n) is 11.6. The number of hydrogen-bond acceptors (Lipinski definition) is 2. The van der Waals surface area contributed by atoms with Gasteiger partial charge in [-0.3, -0.25) is 4.79 Å². The molecule has 1 aromatic rings. The largest absolute Gasteiger partial charge is 0.350 e. The lowest BCUT2D eigenvalue weighted by Gasteiger charge is -2.16. The van der Waals surface area contributed by atoms with Gasteiger partial charge in [0.15, 0.2) is 0 Å². The van der Waals surface area contributed by atoms with Crippen molar-refractivity contribution in [2.75, 3.05) is 0 Å². The van der Waals surface area contributed by atoms with E-state index in [2.05, 4.69) is 31.3 Å². The fourth-order valence-electron chi connectivity index (χ4n) is 1.95. The Bertz CT molecular complexity index is 373. The molecule has 3 nitrogen and oxygen atoms in total. The molecule has 0 aliphatic heterocycles. The van der Waals surface area contributed by atoms with Crippen molar-refractivity contribution in [1.29, 1.82) is 0 Å². The molecule has 1 rings (SSSR count). The van der Waals surface area contributed by atoms with Crippen LogP contribution in [0.2, 0.25) is 0 Å². The van der Waals surface area contributed by atoms with Gasteiger partial charge in [0, 0.05) is 12.5 Å². The molecule has 1 aromatic carbocycles. The summed E-state index contributed by atoms with van der Waals surface area (Å²) in [6.07, 6.45) is 2.32. The minimum Gasteiger partial charge on any atom is -0.350 e. The second kappa shape index (κ2) is 7.17. The number of nitrogens with one attached hydrogen (secondary N) is 1. The van der Waals surface area contributed by atoms with E-state index in [-0.39, 0.29) is 18.0 Å². The summed E-state index contributed by atoms with van der Waals surface area (Å²) in [5.74, 6) is 0.0315. The van der Waals surface area contributed by atoms with Gasteiger partial charge in [0.25, 0.3) is 0 Å². The van der Waals surface area contributed by atoms with Gasteiger partial charge >= 0.3 is 0 Å². The summed E-state index contributed by atoms with van der Waals surface area (Å²) in [4.78, 5) is 11.8. The minimum absolute atomic E-state index is 0.0276. The number of hydrogen-bond donors (Lipinski definition) is 2. The van der Waals surface area contributed by atoms with E-state index in [0.717, 1.165) is 18.4 Å². The normalized spacial score (nSPS) is 14.0. The number of rotatable bonds is 6. The molecule has 100 valence electrons. The minimum atomic E-state index is -0.0276. The molecule has 1 amide bonds. The van der Waals surface area contributed by atoms with E-state index in [0.29, 0.717) is 6.42 Å². The highest BCUT2D eigenvalue weighted by atomic mass is 16.1. The summed E-state index contributed by atoms with van der Waals surface area (Å²) in [6.45, 7) is 6.12. The lowest BCUT2D eigenvalue weighted by Crippen LogP contribution is -2.33. The summed E-state index contributed by atoms with van der Waals surface area (Å²) in [5, 5.41) is 2.99. The molecular formula is C15H24N2O. The van der Waals surface area contributed by atoms with Crippen molar-refractivity contribution in [3.8, 4) is 0 Å². The fourth-order valence-corrected chi connectivity index (χ4v) is 1.95. The smallest absolute Gasteiger partial charge is 0.222 e. The van der Waals surface area contributed by atoms with Crippen LogP contribution in [0.5, 0.6) is 0 Å². The van der Waals surface area contributed by atoms with Crippen LogP contribution in [0.15, 0.2) is 24.3 Å². The van der Waals surface area contributed by atoms with E-state index in [1.807, 2.05) is 19.1 Å². The Morgan fingerprint density at radius 2 is 1.94 bits per heavy atom. The van der Waals surface area contributed by atoms with Gasteiger partial charge in [-0.1, -0.05) is 43.2 Å². The average molecular weight is 248 g/mol. The maximum atomic E-state index is 11.8. The van der Waals surface area contributed by atoms with E-state index in [4.69, 9.17) is 5.73 Å². The van der Waals surface area contributed by atoms with E-state index < -0.39 is 0 Å². The third-order valence-corrected chi connectivity index (χ3v) is 3.06. The van der Waals surface area contributed by atoms with Crippen molar-refractivity contribution >= 4 is 5.91 Å². The van der Waals surface area contributed by atoms with Crippen molar-refractivity contribution in [3.05, 3.63) is 35.4 Å². The molecule has 0 saturated carbocycles. The van der Waals surface area contributed by atoms with Gasteiger partial charge in [-0.2, -0.15) is 0 Å². The summed E-state index contributed by atoms with van der Waals surface area (Å²) >= 11 is 0. The third-order valence-electron chi connectivity index (χ3n) is 3.06. The molecule has 0 saturated heterocycles. The lowest BCUT2D eigenvalue weighted by atomic mass is 10.1. The Labute approximate surface area is 110 Å². The number of benzene rings is 1. The number of nitrogens with two attached hydrogens (primary N) is 1. The fraction of sp³-hybridized carbons (Fsp3) is 0.533. The molecule has 0 radical (unpaired) electrons. The molecule has 0 bridgehead atoms. The van der Waals surface area contributed by atoms with Gasteiger partial charge in [0.05, 0.1) is 6.04 Å².